The molecule has 2 rings (SSSR count). The molecule has 0 saturated carbocycles. The third-order valence-corrected chi connectivity index (χ3v) is 5.56. The first-order valence-corrected chi connectivity index (χ1v) is 10.6. The molecule has 1 aromatic carbocycles. The number of nitrogens with zero attached hydrogens (tertiary/aromatic N) is 3. The van der Waals surface area contributed by atoms with E-state index < -0.39 is 0 Å². The molecule has 0 aromatic heterocycles. The van der Waals surface area contributed by atoms with E-state index in [0.29, 0.717) is 0 Å². The van der Waals surface area contributed by atoms with Crippen molar-refractivity contribution in [3.8, 4) is 0 Å². The second kappa shape index (κ2) is 11.4. The van der Waals surface area contributed by atoms with Crippen LogP contribution in [0.1, 0.15) is 38.8 Å². The van der Waals surface area contributed by atoms with Gasteiger partial charge in [0.1, 0.15) is 0 Å². The monoisotopic (exact) mass is 389 g/mol. The van der Waals surface area contributed by atoms with Gasteiger partial charge in [0.15, 0.2) is 5.96 Å². The Morgan fingerprint density at radius 2 is 1.68 bits per heavy atom. The van der Waals surface area contributed by atoms with Crippen molar-refractivity contribution in [3.63, 3.8) is 0 Å². The summed E-state index contributed by atoms with van der Waals surface area (Å²) in [5.41, 5.74) is 2.69. The van der Waals surface area contributed by atoms with Crippen LogP contribution in [0.3, 0.4) is 0 Å². The first kappa shape index (κ1) is 22.7. The maximum Gasteiger partial charge on any atom is 0.191 e. The lowest BCUT2D eigenvalue weighted by atomic mass is 10.0. The predicted molar refractivity (Wildman–Crippen MR) is 118 cm³/mol. The van der Waals surface area contributed by atoms with Crippen molar-refractivity contribution in [3.05, 3.63) is 35.4 Å². The Bertz CT molecular complexity index is 589. The number of aliphatic imine (C=N–C) groups is 1. The Kier molecular flexibility index (Phi) is 9.22. The van der Waals surface area contributed by atoms with Crippen molar-refractivity contribution < 1.29 is 4.74 Å². The summed E-state index contributed by atoms with van der Waals surface area (Å²) in [4.78, 5) is 9.28. The summed E-state index contributed by atoms with van der Waals surface area (Å²) in [5.74, 6) is 0.841. The SMILES string of the molecule is CCN(CC)Cc1ccc(CNC(=NC)NCC(C)(C)N2CCOCC2)cc1. The molecule has 158 valence electrons. The minimum Gasteiger partial charge on any atom is -0.379 e. The van der Waals surface area contributed by atoms with E-state index in [4.69, 9.17) is 4.74 Å². The van der Waals surface area contributed by atoms with Crippen molar-refractivity contribution in [2.24, 2.45) is 4.99 Å². The van der Waals surface area contributed by atoms with Gasteiger partial charge in [-0.05, 0) is 38.1 Å². The zero-order valence-corrected chi connectivity index (χ0v) is 18.4. The van der Waals surface area contributed by atoms with E-state index in [1.807, 2.05) is 7.05 Å². The molecule has 1 heterocycles. The maximum atomic E-state index is 5.47. The second-order valence-corrected chi connectivity index (χ2v) is 7.97. The minimum absolute atomic E-state index is 0.0630. The van der Waals surface area contributed by atoms with Gasteiger partial charge in [-0.15, -0.1) is 0 Å². The molecule has 1 aliphatic rings. The number of hydrogen-bond donors (Lipinski definition) is 2. The summed E-state index contributed by atoms with van der Waals surface area (Å²) in [6, 6.07) is 8.87. The summed E-state index contributed by atoms with van der Waals surface area (Å²) in [6.07, 6.45) is 0. The number of benzene rings is 1. The van der Waals surface area contributed by atoms with Crippen LogP contribution >= 0.6 is 0 Å². The van der Waals surface area contributed by atoms with Gasteiger partial charge in [0.05, 0.1) is 13.2 Å². The smallest absolute Gasteiger partial charge is 0.191 e. The van der Waals surface area contributed by atoms with Gasteiger partial charge in [0, 0.05) is 45.3 Å². The number of ether oxygens (including phenoxy) is 1. The molecule has 28 heavy (non-hydrogen) atoms. The number of guanidine groups is 1. The fourth-order valence-electron chi connectivity index (χ4n) is 3.45. The van der Waals surface area contributed by atoms with Crippen molar-refractivity contribution in [1.29, 1.82) is 0 Å². The normalized spacial score (nSPS) is 16.4. The number of rotatable bonds is 9. The van der Waals surface area contributed by atoms with E-state index in [9.17, 15) is 0 Å². The third kappa shape index (κ3) is 7.08. The minimum atomic E-state index is 0.0630. The number of hydrogen-bond acceptors (Lipinski definition) is 4. The van der Waals surface area contributed by atoms with Crippen LogP contribution < -0.4 is 10.6 Å². The summed E-state index contributed by atoms with van der Waals surface area (Å²) in [7, 11) is 1.82. The highest BCUT2D eigenvalue weighted by Crippen LogP contribution is 2.15. The molecule has 1 fully saturated rings. The fraction of sp³-hybridized carbons (Fsp3) is 0.682. The van der Waals surface area contributed by atoms with Gasteiger partial charge in [-0.2, -0.15) is 0 Å². The van der Waals surface area contributed by atoms with Crippen molar-refractivity contribution in [2.75, 3.05) is 53.0 Å². The van der Waals surface area contributed by atoms with Gasteiger partial charge >= 0.3 is 0 Å². The predicted octanol–water partition coefficient (Wildman–Crippen LogP) is 2.30. The first-order valence-electron chi connectivity index (χ1n) is 10.6. The van der Waals surface area contributed by atoms with E-state index >= 15 is 0 Å². The quantitative estimate of drug-likeness (QED) is 0.501. The molecule has 0 unspecified atom stereocenters. The Labute approximate surface area is 171 Å². The Morgan fingerprint density at radius 1 is 1.07 bits per heavy atom. The topological polar surface area (TPSA) is 52.1 Å². The van der Waals surface area contributed by atoms with Crippen molar-refractivity contribution in [2.45, 2.75) is 46.3 Å². The van der Waals surface area contributed by atoms with Crippen LogP contribution in [-0.4, -0.2) is 74.3 Å². The molecule has 2 N–H and O–H groups in total. The number of nitrogens with one attached hydrogen (secondary N) is 2. The van der Waals surface area contributed by atoms with Crippen LogP contribution in [0.15, 0.2) is 29.3 Å². The summed E-state index contributed by atoms with van der Waals surface area (Å²) in [6.45, 7) is 17.4. The van der Waals surface area contributed by atoms with Gasteiger partial charge in [0.2, 0.25) is 0 Å². The summed E-state index contributed by atoms with van der Waals surface area (Å²) in [5, 5.41) is 6.91. The Hall–Kier alpha value is -1.63. The molecule has 0 amide bonds. The lowest BCUT2D eigenvalue weighted by molar-refractivity contribution is -0.00834. The van der Waals surface area contributed by atoms with Gasteiger partial charge in [-0.1, -0.05) is 38.1 Å². The molecule has 1 aromatic rings. The van der Waals surface area contributed by atoms with Crippen molar-refractivity contribution in [1.82, 2.24) is 20.4 Å². The van der Waals surface area contributed by atoms with Crippen molar-refractivity contribution >= 4 is 5.96 Å². The Balaban J connectivity index is 1.80. The highest BCUT2D eigenvalue weighted by molar-refractivity contribution is 5.79. The molecule has 0 atom stereocenters. The average molecular weight is 390 g/mol. The summed E-state index contributed by atoms with van der Waals surface area (Å²) < 4.78 is 5.47. The molecule has 6 heteroatoms. The standard InChI is InChI=1S/C22H39N5O/c1-6-26(7-2)17-20-10-8-19(9-11-20)16-24-21(23-5)25-18-22(3,4)27-12-14-28-15-13-27/h8-11H,6-7,12-18H2,1-5H3,(H2,23,24,25). The lowest BCUT2D eigenvalue weighted by Crippen LogP contribution is -2.56. The highest BCUT2D eigenvalue weighted by Gasteiger charge is 2.28. The summed E-state index contributed by atoms with van der Waals surface area (Å²) >= 11 is 0. The molecular formula is C22H39N5O. The molecule has 0 spiro atoms. The zero-order chi connectivity index (χ0) is 20.4. The van der Waals surface area contributed by atoms with Crippen LogP contribution in [0, 0.1) is 0 Å². The van der Waals surface area contributed by atoms with Gasteiger partial charge in [-0.3, -0.25) is 14.8 Å². The molecule has 1 saturated heterocycles. The lowest BCUT2D eigenvalue weighted by Gasteiger charge is -2.41. The molecule has 0 bridgehead atoms. The van der Waals surface area contributed by atoms with Crippen LogP contribution in [0.25, 0.3) is 0 Å². The Morgan fingerprint density at radius 3 is 2.25 bits per heavy atom. The van der Waals surface area contributed by atoms with E-state index in [0.717, 1.165) is 65.0 Å². The zero-order valence-electron chi connectivity index (χ0n) is 18.4. The van der Waals surface area contributed by atoms with Crippen LogP contribution in [0.5, 0.6) is 0 Å². The van der Waals surface area contributed by atoms with Gasteiger partial charge < -0.3 is 15.4 Å². The largest absolute Gasteiger partial charge is 0.379 e. The average Bonchev–Trinajstić information content (AvgIpc) is 2.73. The molecular weight excluding hydrogens is 350 g/mol. The van der Waals surface area contributed by atoms with E-state index in [1.165, 1.54) is 11.1 Å². The van der Waals surface area contributed by atoms with Gasteiger partial charge in [0.25, 0.3) is 0 Å². The second-order valence-electron chi connectivity index (χ2n) is 7.97. The van der Waals surface area contributed by atoms with Crippen LogP contribution in [0.2, 0.25) is 0 Å². The fourth-order valence-corrected chi connectivity index (χ4v) is 3.45. The van der Waals surface area contributed by atoms with Crippen LogP contribution in [-0.2, 0) is 17.8 Å². The van der Waals surface area contributed by atoms with E-state index in [-0.39, 0.29) is 5.54 Å². The van der Waals surface area contributed by atoms with Crippen LogP contribution in [0.4, 0.5) is 0 Å². The molecule has 0 radical (unpaired) electrons. The molecule has 1 aliphatic heterocycles. The van der Waals surface area contributed by atoms with E-state index in [2.05, 4.69) is 77.4 Å². The van der Waals surface area contributed by atoms with E-state index in [1.54, 1.807) is 0 Å². The molecule has 6 nitrogen and oxygen atoms in total. The maximum absolute atomic E-state index is 5.47. The highest BCUT2D eigenvalue weighted by atomic mass is 16.5. The van der Waals surface area contributed by atoms with Gasteiger partial charge in [-0.25, -0.2) is 0 Å². The number of morpholine rings is 1. The first-order chi connectivity index (χ1) is 13.5. The third-order valence-electron chi connectivity index (χ3n) is 5.56. The molecule has 0 aliphatic carbocycles.